The fraction of sp³-hybridized carbons (Fsp3) is 0.333. The van der Waals surface area contributed by atoms with Gasteiger partial charge >= 0.3 is 5.97 Å². The number of halogens is 2. The summed E-state index contributed by atoms with van der Waals surface area (Å²) in [6.45, 7) is 0. The van der Waals surface area contributed by atoms with Crippen molar-refractivity contribution >= 4 is 40.8 Å². The molecular weight excluding hydrogens is 393 g/mol. The zero-order valence-corrected chi connectivity index (χ0v) is 15.5. The first-order chi connectivity index (χ1) is 12.9. The van der Waals surface area contributed by atoms with Crippen molar-refractivity contribution < 1.29 is 19.4 Å². The highest BCUT2D eigenvalue weighted by Crippen LogP contribution is 2.47. The van der Waals surface area contributed by atoms with E-state index in [2.05, 4.69) is 15.3 Å². The molecular formula is C18H15Cl2N3O4. The number of pyridine rings is 2. The molecule has 1 amide bonds. The number of nitrogens with zero attached hydrogens (tertiary/aromatic N) is 2. The van der Waals surface area contributed by atoms with Crippen LogP contribution in [0.5, 0.6) is 5.88 Å². The van der Waals surface area contributed by atoms with Gasteiger partial charge in [-0.1, -0.05) is 23.2 Å². The number of carboxylic acid groups (broad SMARTS) is 1. The van der Waals surface area contributed by atoms with Crippen molar-refractivity contribution in [1.29, 1.82) is 0 Å². The number of aromatic nitrogens is 2. The molecule has 0 atom stereocenters. The molecule has 3 heterocycles. The number of hydrogen-bond acceptors (Lipinski definition) is 5. The normalized spacial score (nSPS) is 23.8. The van der Waals surface area contributed by atoms with Crippen LogP contribution in [0.2, 0.25) is 10.0 Å². The summed E-state index contributed by atoms with van der Waals surface area (Å²) in [6, 6.07) is 4.55. The van der Waals surface area contributed by atoms with E-state index in [9.17, 15) is 14.7 Å². The van der Waals surface area contributed by atoms with Crippen LogP contribution in [0.1, 0.15) is 41.9 Å². The van der Waals surface area contributed by atoms with E-state index < -0.39 is 11.4 Å². The molecule has 1 spiro atoms. The molecule has 7 nitrogen and oxygen atoms in total. The van der Waals surface area contributed by atoms with Crippen LogP contribution in [-0.4, -0.2) is 33.1 Å². The van der Waals surface area contributed by atoms with Gasteiger partial charge in [0.25, 0.3) is 0 Å². The summed E-state index contributed by atoms with van der Waals surface area (Å²) >= 11 is 11.9. The molecule has 1 aliphatic heterocycles. The van der Waals surface area contributed by atoms with E-state index in [1.54, 1.807) is 12.1 Å². The van der Waals surface area contributed by atoms with Gasteiger partial charge in [-0.25, -0.2) is 14.8 Å². The highest BCUT2D eigenvalue weighted by molar-refractivity contribution is 6.35. The summed E-state index contributed by atoms with van der Waals surface area (Å²) in [5.41, 5.74) is 0.193. The summed E-state index contributed by atoms with van der Waals surface area (Å²) in [4.78, 5) is 32.2. The molecule has 140 valence electrons. The molecule has 0 unspecified atom stereocenters. The number of fused-ring (bicyclic) bond motifs is 2. The average molecular weight is 408 g/mol. The Morgan fingerprint density at radius 2 is 2.04 bits per heavy atom. The van der Waals surface area contributed by atoms with Crippen molar-refractivity contribution in [2.75, 3.05) is 5.32 Å². The summed E-state index contributed by atoms with van der Waals surface area (Å²) in [7, 11) is 0. The monoisotopic (exact) mass is 407 g/mol. The summed E-state index contributed by atoms with van der Waals surface area (Å²) in [5, 5.41) is 12.8. The highest BCUT2D eigenvalue weighted by Gasteiger charge is 2.50. The topological polar surface area (TPSA) is 101 Å². The number of amides is 1. The zero-order valence-electron chi connectivity index (χ0n) is 14.0. The van der Waals surface area contributed by atoms with Crippen LogP contribution < -0.4 is 10.1 Å². The Morgan fingerprint density at radius 3 is 2.70 bits per heavy atom. The lowest BCUT2D eigenvalue weighted by Gasteiger charge is -2.34. The first-order valence-corrected chi connectivity index (χ1v) is 9.18. The number of ether oxygens (including phenoxy) is 1. The molecule has 27 heavy (non-hydrogen) atoms. The lowest BCUT2D eigenvalue weighted by Crippen LogP contribution is -2.41. The van der Waals surface area contributed by atoms with Crippen LogP contribution in [0.25, 0.3) is 0 Å². The van der Waals surface area contributed by atoms with Crippen LogP contribution >= 0.6 is 23.2 Å². The second-order valence-corrected chi connectivity index (χ2v) is 7.54. The Balaban J connectivity index is 1.54. The zero-order chi connectivity index (χ0) is 19.2. The number of carboxylic acids is 1. The Morgan fingerprint density at radius 1 is 1.30 bits per heavy atom. The van der Waals surface area contributed by atoms with Gasteiger partial charge in [-0.05, 0) is 43.9 Å². The molecule has 0 bridgehead atoms. The van der Waals surface area contributed by atoms with E-state index in [0.717, 1.165) is 0 Å². The second-order valence-electron chi connectivity index (χ2n) is 6.69. The molecule has 2 aromatic rings. The molecule has 0 radical (unpaired) electrons. The lowest BCUT2D eigenvalue weighted by molar-refractivity contribution is -0.122. The van der Waals surface area contributed by atoms with E-state index in [0.29, 0.717) is 53.0 Å². The van der Waals surface area contributed by atoms with Crippen molar-refractivity contribution in [3.8, 4) is 5.88 Å². The van der Waals surface area contributed by atoms with Gasteiger partial charge in [0.05, 0.1) is 21.8 Å². The highest BCUT2D eigenvalue weighted by atomic mass is 35.5. The van der Waals surface area contributed by atoms with E-state index in [4.69, 9.17) is 27.9 Å². The SMILES string of the molecule is O=C(O)c1ccc2c(n1)[C@]1(CC[C@@H](Oc3ncc(Cl)cc3Cl)CC1)C(=O)N2. The van der Waals surface area contributed by atoms with Gasteiger partial charge in [-0.2, -0.15) is 0 Å². The summed E-state index contributed by atoms with van der Waals surface area (Å²) < 4.78 is 5.88. The van der Waals surface area contributed by atoms with Gasteiger partial charge < -0.3 is 15.2 Å². The number of aromatic carboxylic acids is 1. The molecule has 1 aliphatic carbocycles. The number of carbonyl (C=O) groups excluding carboxylic acids is 1. The first-order valence-electron chi connectivity index (χ1n) is 8.43. The van der Waals surface area contributed by atoms with Crippen LogP contribution in [0.3, 0.4) is 0 Å². The maximum atomic E-state index is 12.7. The average Bonchev–Trinajstić information content (AvgIpc) is 2.90. The fourth-order valence-corrected chi connectivity index (χ4v) is 4.13. The van der Waals surface area contributed by atoms with Gasteiger partial charge in [0, 0.05) is 6.20 Å². The first kappa shape index (κ1) is 18.0. The third kappa shape index (κ3) is 3.11. The molecule has 2 aliphatic rings. The fourth-order valence-electron chi connectivity index (χ4n) is 3.71. The number of hydrogen-bond donors (Lipinski definition) is 2. The smallest absolute Gasteiger partial charge is 0.354 e. The van der Waals surface area contributed by atoms with E-state index in [1.165, 1.54) is 12.3 Å². The Hall–Kier alpha value is -2.38. The molecule has 0 aromatic carbocycles. The largest absolute Gasteiger partial charge is 0.477 e. The van der Waals surface area contributed by atoms with Gasteiger partial charge in [-0.15, -0.1) is 0 Å². The minimum absolute atomic E-state index is 0.0693. The maximum Gasteiger partial charge on any atom is 0.354 e. The van der Waals surface area contributed by atoms with Crippen LogP contribution in [0.4, 0.5) is 5.69 Å². The van der Waals surface area contributed by atoms with Gasteiger partial charge in [0.1, 0.15) is 16.8 Å². The summed E-state index contributed by atoms with van der Waals surface area (Å²) in [5.74, 6) is -0.953. The molecule has 4 rings (SSSR count). The third-order valence-corrected chi connectivity index (χ3v) is 5.57. The quantitative estimate of drug-likeness (QED) is 0.803. The molecule has 2 N–H and O–H groups in total. The maximum absolute atomic E-state index is 12.7. The van der Waals surface area contributed by atoms with E-state index in [1.807, 2.05) is 0 Å². The predicted octanol–water partition coefficient (Wildman–Crippen LogP) is 3.69. The molecule has 0 saturated heterocycles. The number of rotatable bonds is 3. The second kappa shape index (κ2) is 6.65. The number of anilines is 1. The minimum atomic E-state index is -1.12. The number of nitrogens with one attached hydrogen (secondary N) is 1. The summed E-state index contributed by atoms with van der Waals surface area (Å²) in [6.07, 6.45) is 3.49. The van der Waals surface area contributed by atoms with Crippen LogP contribution in [0, 0.1) is 0 Å². The van der Waals surface area contributed by atoms with Crippen molar-refractivity contribution in [2.45, 2.75) is 37.2 Å². The molecule has 1 saturated carbocycles. The third-order valence-electron chi connectivity index (χ3n) is 5.09. The Bertz CT molecular complexity index is 942. The molecule has 9 heteroatoms. The van der Waals surface area contributed by atoms with Gasteiger partial charge in [-0.3, -0.25) is 4.79 Å². The minimum Gasteiger partial charge on any atom is -0.477 e. The van der Waals surface area contributed by atoms with Gasteiger partial charge in [0.2, 0.25) is 11.8 Å². The number of carbonyl (C=O) groups is 2. The van der Waals surface area contributed by atoms with Crippen LogP contribution in [0.15, 0.2) is 24.4 Å². The van der Waals surface area contributed by atoms with E-state index >= 15 is 0 Å². The van der Waals surface area contributed by atoms with Crippen molar-refractivity contribution in [3.63, 3.8) is 0 Å². The van der Waals surface area contributed by atoms with Crippen molar-refractivity contribution in [2.24, 2.45) is 0 Å². The van der Waals surface area contributed by atoms with E-state index in [-0.39, 0.29) is 17.7 Å². The molecule has 1 fully saturated rings. The standard InChI is InChI=1S/C18H15Cl2N3O4/c19-9-7-11(20)15(21-8-9)27-10-3-5-18(6-4-10)14-12(23-17(18)26)1-2-13(22-14)16(24)25/h1-2,7-8,10H,3-6H2,(H,23,26)(H,24,25)/t10-,18-. The van der Waals surface area contributed by atoms with Crippen molar-refractivity contribution in [3.05, 3.63) is 45.8 Å². The van der Waals surface area contributed by atoms with Crippen LogP contribution in [-0.2, 0) is 10.2 Å². The predicted molar refractivity (Wildman–Crippen MR) is 98.6 cm³/mol. The Kier molecular flexibility index (Phi) is 4.44. The Labute approximate surface area is 164 Å². The molecule has 2 aromatic heterocycles. The van der Waals surface area contributed by atoms with Crippen molar-refractivity contribution in [1.82, 2.24) is 9.97 Å². The van der Waals surface area contributed by atoms with Gasteiger partial charge in [0.15, 0.2) is 0 Å². The lowest BCUT2D eigenvalue weighted by atomic mass is 9.71.